The average molecular weight is 217 g/mol. The van der Waals surface area contributed by atoms with Gasteiger partial charge < -0.3 is 10.3 Å². The minimum absolute atomic E-state index is 0.0474. The standard InChI is InChI=1S/C13H19N3/c1-12(2,11-3-6-15-7-11)9-16-10-13(8-14)4-5-13/h3,6-7,15-16H,4-5,9-10H2,1-2H3. The van der Waals surface area contributed by atoms with Gasteiger partial charge in [0, 0.05) is 30.9 Å². The highest BCUT2D eigenvalue weighted by Gasteiger charge is 2.42. The van der Waals surface area contributed by atoms with Gasteiger partial charge in [-0.15, -0.1) is 0 Å². The molecule has 2 rings (SSSR count). The number of aromatic amines is 1. The fourth-order valence-electron chi connectivity index (χ4n) is 1.94. The number of nitriles is 1. The van der Waals surface area contributed by atoms with Crippen molar-refractivity contribution in [2.24, 2.45) is 5.41 Å². The lowest BCUT2D eigenvalue weighted by Crippen LogP contribution is -2.35. The minimum atomic E-state index is -0.0474. The van der Waals surface area contributed by atoms with E-state index in [4.69, 9.17) is 5.26 Å². The number of H-pyrrole nitrogens is 1. The Morgan fingerprint density at radius 1 is 1.56 bits per heavy atom. The smallest absolute Gasteiger partial charge is 0.0703 e. The molecule has 1 aromatic rings. The van der Waals surface area contributed by atoms with Crippen LogP contribution in [-0.4, -0.2) is 18.1 Å². The van der Waals surface area contributed by atoms with Gasteiger partial charge in [-0.3, -0.25) is 0 Å². The van der Waals surface area contributed by atoms with Gasteiger partial charge in [-0.2, -0.15) is 5.26 Å². The van der Waals surface area contributed by atoms with E-state index in [1.54, 1.807) is 0 Å². The normalized spacial score (nSPS) is 18.1. The van der Waals surface area contributed by atoms with Crippen LogP contribution in [0.5, 0.6) is 0 Å². The van der Waals surface area contributed by atoms with Gasteiger partial charge in [-0.1, -0.05) is 13.8 Å². The van der Waals surface area contributed by atoms with Crippen molar-refractivity contribution in [1.29, 1.82) is 5.26 Å². The summed E-state index contributed by atoms with van der Waals surface area (Å²) < 4.78 is 0. The van der Waals surface area contributed by atoms with Crippen molar-refractivity contribution in [3.05, 3.63) is 24.0 Å². The molecule has 0 saturated heterocycles. The van der Waals surface area contributed by atoms with Crippen molar-refractivity contribution in [3.63, 3.8) is 0 Å². The summed E-state index contributed by atoms with van der Waals surface area (Å²) in [5.74, 6) is 0. The third-order valence-electron chi connectivity index (χ3n) is 3.50. The topological polar surface area (TPSA) is 51.6 Å². The van der Waals surface area contributed by atoms with E-state index in [1.165, 1.54) is 5.56 Å². The number of nitrogens with one attached hydrogen (secondary N) is 2. The highest BCUT2D eigenvalue weighted by molar-refractivity contribution is 5.20. The lowest BCUT2D eigenvalue weighted by Gasteiger charge is -2.24. The zero-order valence-corrected chi connectivity index (χ0v) is 10.0. The molecule has 0 radical (unpaired) electrons. The molecule has 3 heteroatoms. The summed E-state index contributed by atoms with van der Waals surface area (Å²) in [6.45, 7) is 6.18. The molecule has 86 valence electrons. The van der Waals surface area contributed by atoms with E-state index in [0.29, 0.717) is 0 Å². The number of rotatable bonds is 5. The van der Waals surface area contributed by atoms with Gasteiger partial charge in [-0.25, -0.2) is 0 Å². The Hall–Kier alpha value is -1.27. The molecule has 1 aliphatic rings. The highest BCUT2D eigenvalue weighted by atomic mass is 14.9. The van der Waals surface area contributed by atoms with E-state index in [9.17, 15) is 0 Å². The molecule has 0 unspecified atom stereocenters. The predicted octanol–water partition coefficient (Wildman–Crippen LogP) is 2.19. The average Bonchev–Trinajstić information content (AvgIpc) is 2.81. The molecule has 1 fully saturated rings. The summed E-state index contributed by atoms with van der Waals surface area (Å²) in [7, 11) is 0. The number of nitrogens with zero attached hydrogens (tertiary/aromatic N) is 1. The Bertz CT molecular complexity index is 380. The number of hydrogen-bond acceptors (Lipinski definition) is 2. The summed E-state index contributed by atoms with van der Waals surface area (Å²) in [5, 5.41) is 12.4. The van der Waals surface area contributed by atoms with Crippen LogP contribution in [-0.2, 0) is 5.41 Å². The molecule has 2 N–H and O–H groups in total. The monoisotopic (exact) mass is 217 g/mol. The molecule has 1 heterocycles. The van der Waals surface area contributed by atoms with Crippen molar-refractivity contribution < 1.29 is 0 Å². The van der Waals surface area contributed by atoms with Crippen molar-refractivity contribution in [2.75, 3.05) is 13.1 Å². The van der Waals surface area contributed by atoms with Gasteiger partial charge in [0.1, 0.15) is 0 Å². The molecule has 0 aromatic carbocycles. The Balaban J connectivity index is 1.84. The minimum Gasteiger partial charge on any atom is -0.367 e. The third kappa shape index (κ3) is 2.28. The maximum absolute atomic E-state index is 8.97. The SMILES string of the molecule is CC(C)(CNCC1(C#N)CC1)c1cc[nH]c1. The Kier molecular flexibility index (Phi) is 2.77. The van der Waals surface area contributed by atoms with E-state index in [-0.39, 0.29) is 10.8 Å². The Morgan fingerprint density at radius 3 is 2.81 bits per heavy atom. The first-order valence-electron chi connectivity index (χ1n) is 5.83. The molecule has 0 amide bonds. The van der Waals surface area contributed by atoms with Crippen molar-refractivity contribution in [2.45, 2.75) is 32.1 Å². The summed E-state index contributed by atoms with van der Waals surface area (Å²) in [5.41, 5.74) is 1.38. The van der Waals surface area contributed by atoms with Crippen LogP contribution < -0.4 is 5.32 Å². The molecule has 1 aliphatic carbocycles. The van der Waals surface area contributed by atoms with Gasteiger partial charge in [0.05, 0.1) is 11.5 Å². The summed E-state index contributed by atoms with van der Waals surface area (Å²) in [6, 6.07) is 4.51. The Morgan fingerprint density at radius 2 is 2.31 bits per heavy atom. The lowest BCUT2D eigenvalue weighted by molar-refractivity contribution is 0.443. The van der Waals surface area contributed by atoms with Gasteiger partial charge >= 0.3 is 0 Å². The van der Waals surface area contributed by atoms with Gasteiger partial charge in [0.15, 0.2) is 0 Å². The molecule has 16 heavy (non-hydrogen) atoms. The summed E-state index contributed by atoms with van der Waals surface area (Å²) in [4.78, 5) is 3.09. The molecule has 3 nitrogen and oxygen atoms in total. The first-order chi connectivity index (χ1) is 7.58. The predicted molar refractivity (Wildman–Crippen MR) is 64.0 cm³/mol. The van der Waals surface area contributed by atoms with E-state index in [0.717, 1.165) is 25.9 Å². The summed E-state index contributed by atoms with van der Waals surface area (Å²) >= 11 is 0. The fraction of sp³-hybridized carbons (Fsp3) is 0.615. The van der Waals surface area contributed by atoms with E-state index < -0.39 is 0 Å². The third-order valence-corrected chi connectivity index (χ3v) is 3.50. The first kappa shape index (κ1) is 11.2. The molecule has 1 aromatic heterocycles. The molecule has 0 bridgehead atoms. The molecule has 0 spiro atoms. The maximum atomic E-state index is 8.97. The molecule has 0 aliphatic heterocycles. The quantitative estimate of drug-likeness (QED) is 0.794. The van der Waals surface area contributed by atoms with Gasteiger partial charge in [-0.05, 0) is 24.5 Å². The number of hydrogen-bond donors (Lipinski definition) is 2. The van der Waals surface area contributed by atoms with Crippen molar-refractivity contribution >= 4 is 0 Å². The van der Waals surface area contributed by atoms with Crippen LogP contribution in [0.2, 0.25) is 0 Å². The van der Waals surface area contributed by atoms with Crippen LogP contribution >= 0.6 is 0 Å². The second kappa shape index (κ2) is 3.95. The highest BCUT2D eigenvalue weighted by Crippen LogP contribution is 2.44. The molecular formula is C13H19N3. The van der Waals surface area contributed by atoms with Crippen LogP contribution in [0.25, 0.3) is 0 Å². The molecule has 1 saturated carbocycles. The van der Waals surface area contributed by atoms with Crippen molar-refractivity contribution in [1.82, 2.24) is 10.3 Å². The van der Waals surface area contributed by atoms with Gasteiger partial charge in [0.2, 0.25) is 0 Å². The van der Waals surface area contributed by atoms with Gasteiger partial charge in [0.25, 0.3) is 0 Å². The molecular weight excluding hydrogens is 198 g/mol. The van der Waals surface area contributed by atoms with Crippen LogP contribution in [0, 0.1) is 16.7 Å². The van der Waals surface area contributed by atoms with Crippen LogP contribution in [0.1, 0.15) is 32.3 Å². The van der Waals surface area contributed by atoms with Crippen LogP contribution in [0.4, 0.5) is 0 Å². The van der Waals surface area contributed by atoms with Crippen LogP contribution in [0.15, 0.2) is 18.5 Å². The zero-order chi connectivity index (χ0) is 11.6. The van der Waals surface area contributed by atoms with Crippen molar-refractivity contribution in [3.8, 4) is 6.07 Å². The summed E-state index contributed by atoms with van der Waals surface area (Å²) in [6.07, 6.45) is 6.11. The maximum Gasteiger partial charge on any atom is 0.0703 e. The number of aromatic nitrogens is 1. The van der Waals surface area contributed by atoms with E-state index in [1.807, 2.05) is 12.4 Å². The molecule has 0 atom stereocenters. The fourth-order valence-corrected chi connectivity index (χ4v) is 1.94. The zero-order valence-electron chi connectivity index (χ0n) is 10.0. The van der Waals surface area contributed by atoms with Crippen LogP contribution in [0.3, 0.4) is 0 Å². The van der Waals surface area contributed by atoms with E-state index >= 15 is 0 Å². The second-order valence-corrected chi connectivity index (χ2v) is 5.48. The largest absolute Gasteiger partial charge is 0.367 e. The second-order valence-electron chi connectivity index (χ2n) is 5.48. The Labute approximate surface area is 96.9 Å². The lowest BCUT2D eigenvalue weighted by atomic mass is 9.86. The van der Waals surface area contributed by atoms with E-state index in [2.05, 4.69) is 36.3 Å². The first-order valence-corrected chi connectivity index (χ1v) is 5.83.